The van der Waals surface area contributed by atoms with Crippen LogP contribution in [0.15, 0.2) is 22.7 Å². The standard InChI is InChI=1S/C16H22O10/c1-5-23-13(19)9(11(17)15(21)25-7-3)10(14(20)24-6-2)12(18)16(22)26-8-4/h17-18H,5-8H2,1-4H3/b11-9+,12-10+. The molecule has 0 aromatic carbocycles. The van der Waals surface area contributed by atoms with Gasteiger partial charge in [0, 0.05) is 0 Å². The predicted molar refractivity (Wildman–Crippen MR) is 85.8 cm³/mol. The zero-order valence-electron chi connectivity index (χ0n) is 15.0. The average Bonchev–Trinajstić information content (AvgIpc) is 2.59. The van der Waals surface area contributed by atoms with Gasteiger partial charge in [-0.05, 0) is 27.7 Å². The number of rotatable bonds is 9. The monoisotopic (exact) mass is 374 g/mol. The molecule has 0 atom stereocenters. The van der Waals surface area contributed by atoms with Crippen LogP contribution in [0.3, 0.4) is 0 Å². The molecule has 0 spiro atoms. The molecule has 0 rings (SSSR count). The van der Waals surface area contributed by atoms with E-state index in [0.717, 1.165) is 0 Å². The van der Waals surface area contributed by atoms with Gasteiger partial charge in [-0.15, -0.1) is 0 Å². The number of carbonyl (C=O) groups excluding carboxylic acids is 4. The second-order valence-corrected chi connectivity index (χ2v) is 4.33. The van der Waals surface area contributed by atoms with Gasteiger partial charge in [-0.3, -0.25) is 0 Å². The molecule has 0 amide bonds. The lowest BCUT2D eigenvalue weighted by atomic mass is 10.0. The number of carbonyl (C=O) groups is 4. The predicted octanol–water partition coefficient (Wildman–Crippen LogP) is 0.863. The van der Waals surface area contributed by atoms with Crippen LogP contribution in [-0.4, -0.2) is 60.5 Å². The molecule has 10 nitrogen and oxygen atoms in total. The summed E-state index contributed by atoms with van der Waals surface area (Å²) in [7, 11) is 0. The molecule has 0 aliphatic rings. The van der Waals surface area contributed by atoms with Crippen molar-refractivity contribution in [2.24, 2.45) is 0 Å². The highest BCUT2D eigenvalue weighted by molar-refractivity contribution is 6.14. The molecule has 2 N–H and O–H groups in total. The van der Waals surface area contributed by atoms with E-state index >= 15 is 0 Å². The molecule has 0 radical (unpaired) electrons. The van der Waals surface area contributed by atoms with Crippen molar-refractivity contribution in [2.75, 3.05) is 26.4 Å². The van der Waals surface area contributed by atoms with Gasteiger partial charge < -0.3 is 29.2 Å². The second-order valence-electron chi connectivity index (χ2n) is 4.33. The molecule has 0 saturated heterocycles. The zero-order valence-corrected chi connectivity index (χ0v) is 15.0. The van der Waals surface area contributed by atoms with E-state index in [0.29, 0.717) is 0 Å². The van der Waals surface area contributed by atoms with Crippen molar-refractivity contribution >= 4 is 23.9 Å². The Bertz CT molecular complexity index is 561. The van der Waals surface area contributed by atoms with E-state index in [1.165, 1.54) is 27.7 Å². The van der Waals surface area contributed by atoms with E-state index in [-0.39, 0.29) is 26.4 Å². The summed E-state index contributed by atoms with van der Waals surface area (Å²) < 4.78 is 18.5. The van der Waals surface area contributed by atoms with Crippen LogP contribution in [0.1, 0.15) is 27.7 Å². The lowest BCUT2D eigenvalue weighted by Crippen LogP contribution is -2.25. The smallest absolute Gasteiger partial charge is 0.374 e. The third-order valence-electron chi connectivity index (χ3n) is 2.62. The maximum atomic E-state index is 12.2. The minimum Gasteiger partial charge on any atom is -0.501 e. The number of hydrogen-bond acceptors (Lipinski definition) is 10. The van der Waals surface area contributed by atoms with Crippen LogP contribution >= 0.6 is 0 Å². The Hall–Kier alpha value is -3.04. The van der Waals surface area contributed by atoms with Crippen LogP contribution in [0.25, 0.3) is 0 Å². The van der Waals surface area contributed by atoms with Gasteiger partial charge in [-0.25, -0.2) is 19.2 Å². The summed E-state index contributed by atoms with van der Waals surface area (Å²) >= 11 is 0. The highest BCUT2D eigenvalue weighted by Crippen LogP contribution is 2.22. The lowest BCUT2D eigenvalue weighted by Gasteiger charge is -2.14. The summed E-state index contributed by atoms with van der Waals surface area (Å²) in [6.45, 7) is 5.05. The molecular weight excluding hydrogens is 352 g/mol. The fourth-order valence-corrected chi connectivity index (χ4v) is 1.64. The Morgan fingerprint density at radius 1 is 0.538 bits per heavy atom. The van der Waals surface area contributed by atoms with Crippen molar-refractivity contribution in [1.29, 1.82) is 0 Å². The summed E-state index contributed by atoms with van der Waals surface area (Å²) in [5.41, 5.74) is -2.15. The van der Waals surface area contributed by atoms with E-state index in [4.69, 9.17) is 0 Å². The number of esters is 4. The van der Waals surface area contributed by atoms with Gasteiger partial charge >= 0.3 is 23.9 Å². The van der Waals surface area contributed by atoms with Crippen molar-refractivity contribution < 1.29 is 48.3 Å². The molecule has 0 aromatic heterocycles. The molecule has 146 valence electrons. The Labute approximate surface area is 150 Å². The third-order valence-corrected chi connectivity index (χ3v) is 2.62. The minimum atomic E-state index is -1.37. The van der Waals surface area contributed by atoms with E-state index in [2.05, 4.69) is 18.9 Å². The summed E-state index contributed by atoms with van der Waals surface area (Å²) in [5, 5.41) is 20.1. The van der Waals surface area contributed by atoms with Crippen molar-refractivity contribution in [3.63, 3.8) is 0 Å². The third kappa shape index (κ3) is 6.11. The molecule has 0 fully saturated rings. The van der Waals surface area contributed by atoms with Crippen molar-refractivity contribution in [1.82, 2.24) is 0 Å². The van der Waals surface area contributed by atoms with E-state index < -0.39 is 46.5 Å². The normalized spacial score (nSPS) is 12.3. The Morgan fingerprint density at radius 3 is 1.00 bits per heavy atom. The highest BCUT2D eigenvalue weighted by atomic mass is 16.6. The fraction of sp³-hybridized carbons (Fsp3) is 0.500. The van der Waals surface area contributed by atoms with Gasteiger partial charge in [0.25, 0.3) is 0 Å². The maximum absolute atomic E-state index is 12.2. The maximum Gasteiger partial charge on any atom is 0.374 e. The molecule has 0 aromatic rings. The first kappa shape index (κ1) is 23.0. The molecule has 0 unspecified atom stereocenters. The summed E-state index contributed by atoms with van der Waals surface area (Å²) in [6.07, 6.45) is 0. The summed E-state index contributed by atoms with van der Waals surface area (Å²) in [4.78, 5) is 47.9. The fourth-order valence-electron chi connectivity index (χ4n) is 1.64. The number of aliphatic hydroxyl groups is 2. The van der Waals surface area contributed by atoms with Gasteiger partial charge in [0.15, 0.2) is 0 Å². The molecule has 26 heavy (non-hydrogen) atoms. The summed E-state index contributed by atoms with van der Waals surface area (Å²) in [6, 6.07) is 0. The molecule has 0 heterocycles. The highest BCUT2D eigenvalue weighted by Gasteiger charge is 2.36. The quantitative estimate of drug-likeness (QED) is 0.196. The Morgan fingerprint density at radius 2 is 0.769 bits per heavy atom. The van der Waals surface area contributed by atoms with Crippen molar-refractivity contribution in [3.05, 3.63) is 22.7 Å². The SMILES string of the molecule is CCOC(=O)/C(O)=C(C(=O)OCC)/C(C(=O)OCC)=C(\O)C(=O)OCC. The number of hydrogen-bond donors (Lipinski definition) is 2. The molecule has 0 bridgehead atoms. The molecule has 0 saturated carbocycles. The molecule has 10 heteroatoms. The van der Waals surface area contributed by atoms with Gasteiger partial charge in [-0.2, -0.15) is 0 Å². The van der Waals surface area contributed by atoms with Crippen molar-refractivity contribution in [3.8, 4) is 0 Å². The number of aliphatic hydroxyl groups excluding tert-OH is 2. The van der Waals surface area contributed by atoms with Gasteiger partial charge in [-0.1, -0.05) is 0 Å². The summed E-state index contributed by atoms with van der Waals surface area (Å²) in [5.74, 6) is -8.09. The minimum absolute atomic E-state index is 0.151. The van der Waals surface area contributed by atoms with E-state index in [9.17, 15) is 29.4 Å². The Kier molecular flexibility index (Phi) is 10.2. The zero-order chi connectivity index (χ0) is 20.3. The lowest BCUT2D eigenvalue weighted by molar-refractivity contribution is -0.146. The first-order valence-corrected chi connectivity index (χ1v) is 7.81. The average molecular weight is 374 g/mol. The second kappa shape index (κ2) is 11.5. The topological polar surface area (TPSA) is 146 Å². The van der Waals surface area contributed by atoms with E-state index in [1.54, 1.807) is 0 Å². The van der Waals surface area contributed by atoms with Gasteiger partial charge in [0.1, 0.15) is 11.1 Å². The first-order valence-electron chi connectivity index (χ1n) is 7.81. The molecule has 0 aliphatic heterocycles. The van der Waals surface area contributed by atoms with Crippen LogP contribution in [0.5, 0.6) is 0 Å². The Balaban J connectivity index is 6.61. The molecular formula is C16H22O10. The first-order chi connectivity index (χ1) is 12.3. The van der Waals surface area contributed by atoms with Crippen molar-refractivity contribution in [2.45, 2.75) is 27.7 Å². The largest absolute Gasteiger partial charge is 0.501 e. The van der Waals surface area contributed by atoms with Crippen LogP contribution in [-0.2, 0) is 38.1 Å². The van der Waals surface area contributed by atoms with Crippen LogP contribution in [0.4, 0.5) is 0 Å². The van der Waals surface area contributed by atoms with Crippen LogP contribution < -0.4 is 0 Å². The van der Waals surface area contributed by atoms with E-state index in [1.807, 2.05) is 0 Å². The van der Waals surface area contributed by atoms with Crippen LogP contribution in [0, 0.1) is 0 Å². The van der Waals surface area contributed by atoms with Gasteiger partial charge in [0.05, 0.1) is 26.4 Å². The molecule has 0 aliphatic carbocycles. The van der Waals surface area contributed by atoms with Gasteiger partial charge in [0.2, 0.25) is 11.5 Å². The van der Waals surface area contributed by atoms with Crippen LogP contribution in [0.2, 0.25) is 0 Å². The number of ether oxygens (including phenoxy) is 4.